The Bertz CT molecular complexity index is 2050. The Morgan fingerprint density at radius 3 is 1.92 bits per heavy atom. The maximum Gasteiger partial charge on any atom is 0.490 e. The lowest BCUT2D eigenvalue weighted by Gasteiger charge is -2.32. The third kappa shape index (κ3) is 16.1. The van der Waals surface area contributed by atoms with Gasteiger partial charge in [0, 0.05) is 43.3 Å². The predicted octanol–water partition coefficient (Wildman–Crippen LogP) is 7.65. The van der Waals surface area contributed by atoms with Crippen molar-refractivity contribution in [3.05, 3.63) is 83.4 Å². The van der Waals surface area contributed by atoms with Crippen molar-refractivity contribution in [2.75, 3.05) is 33.9 Å². The van der Waals surface area contributed by atoms with Crippen LogP contribution in [-0.4, -0.2) is 90.7 Å². The summed E-state index contributed by atoms with van der Waals surface area (Å²) in [5.74, 6) is -5.95. The quantitative estimate of drug-likeness (QED) is 0.109. The van der Waals surface area contributed by atoms with E-state index in [0.717, 1.165) is 72.8 Å². The van der Waals surface area contributed by atoms with Crippen LogP contribution in [0.3, 0.4) is 0 Å². The molecule has 25 heteroatoms. The lowest BCUT2D eigenvalue weighted by Crippen LogP contribution is -2.35. The first-order valence-electron chi connectivity index (χ1n) is 16.9. The van der Waals surface area contributed by atoms with Gasteiger partial charge in [0.05, 0.1) is 18.1 Å². The molecule has 0 unspecified atom stereocenters. The van der Waals surface area contributed by atoms with E-state index in [1.807, 2.05) is 54.9 Å². The maximum absolute atomic E-state index is 13.1. The average molecular weight is 883 g/mol. The van der Waals surface area contributed by atoms with Gasteiger partial charge in [0.2, 0.25) is 11.9 Å². The van der Waals surface area contributed by atoms with E-state index in [1.54, 1.807) is 12.4 Å². The normalized spacial score (nSPS) is 13.8. The van der Waals surface area contributed by atoms with Gasteiger partial charge in [-0.1, -0.05) is 17.7 Å². The zero-order chi connectivity index (χ0) is 44.8. The van der Waals surface area contributed by atoms with Crippen molar-refractivity contribution >= 4 is 70.1 Å². The summed E-state index contributed by atoms with van der Waals surface area (Å²) in [5.41, 5.74) is 4.56. The van der Waals surface area contributed by atoms with E-state index in [4.69, 9.17) is 41.3 Å². The van der Waals surface area contributed by atoms with E-state index >= 15 is 0 Å². The van der Waals surface area contributed by atoms with Gasteiger partial charge in [0.15, 0.2) is 5.82 Å². The highest BCUT2D eigenvalue weighted by atomic mass is 35.5. The summed E-state index contributed by atoms with van der Waals surface area (Å²) >= 11 is 6.38. The van der Waals surface area contributed by atoms with Crippen molar-refractivity contribution < 1.29 is 74.0 Å². The molecule has 6 rings (SSSR count). The Morgan fingerprint density at radius 2 is 1.37 bits per heavy atom. The van der Waals surface area contributed by atoms with Crippen LogP contribution in [-0.2, 0) is 32.0 Å². The Hall–Kier alpha value is -6.46. The smallest absolute Gasteiger partial charge is 0.475 e. The van der Waals surface area contributed by atoms with Crippen molar-refractivity contribution in [2.45, 2.75) is 50.6 Å². The van der Waals surface area contributed by atoms with Gasteiger partial charge >= 0.3 is 36.4 Å². The van der Waals surface area contributed by atoms with E-state index in [-0.39, 0.29) is 5.91 Å². The molecule has 6 bridgehead atoms. The topological polar surface area (TPSA) is 220 Å². The molecule has 3 aromatic heterocycles. The molecule has 324 valence electrons. The van der Waals surface area contributed by atoms with Crippen molar-refractivity contribution in [1.29, 1.82) is 0 Å². The lowest BCUT2D eigenvalue weighted by atomic mass is 9.93. The molecule has 2 aliphatic heterocycles. The number of fused-ring (bicyclic) bond motifs is 6. The molecule has 6 N–H and O–H groups in total. The van der Waals surface area contributed by atoms with Crippen LogP contribution in [0, 0.1) is 5.92 Å². The number of carboxylic acids is 3. The minimum absolute atomic E-state index is 0.0440. The number of benzene rings is 1. The second-order valence-corrected chi connectivity index (χ2v) is 12.8. The molecule has 0 atom stereocenters. The molecular formula is C35H32ClF9N8O7. The van der Waals surface area contributed by atoms with E-state index in [0.29, 0.717) is 29.1 Å². The molecule has 1 amide bonds. The zero-order valence-electron chi connectivity index (χ0n) is 30.4. The number of carboxylic acid groups (broad SMARTS) is 3. The Morgan fingerprint density at radius 1 is 0.767 bits per heavy atom. The van der Waals surface area contributed by atoms with Crippen molar-refractivity contribution in [3.63, 3.8) is 0 Å². The van der Waals surface area contributed by atoms with Gasteiger partial charge in [-0.3, -0.25) is 9.78 Å². The number of amides is 1. The van der Waals surface area contributed by atoms with Crippen LogP contribution in [0.1, 0.15) is 30.4 Å². The molecule has 1 aromatic carbocycles. The minimum atomic E-state index is -5.08. The Balaban J connectivity index is 0.000000377. The summed E-state index contributed by atoms with van der Waals surface area (Å²) < 4.78 is 95.2. The third-order valence-corrected chi connectivity index (χ3v) is 8.19. The number of piperidine rings is 1. The predicted molar refractivity (Wildman–Crippen MR) is 195 cm³/mol. The van der Waals surface area contributed by atoms with Crippen LogP contribution in [0.5, 0.6) is 0 Å². The number of aryl methyl sites for hydroxylation is 2. The summed E-state index contributed by atoms with van der Waals surface area (Å²) in [6.07, 6.45) is -4.33. The van der Waals surface area contributed by atoms with Crippen LogP contribution in [0.25, 0.3) is 0 Å². The highest BCUT2D eigenvalue weighted by Crippen LogP contribution is 2.30. The number of carbonyl (C=O) groups excluding carboxylic acids is 1. The summed E-state index contributed by atoms with van der Waals surface area (Å²) in [6, 6.07) is 13.9. The first kappa shape index (κ1) is 47.9. The summed E-state index contributed by atoms with van der Waals surface area (Å²) in [6.45, 7) is 1.83. The number of aromatic nitrogens is 4. The second-order valence-electron chi connectivity index (χ2n) is 12.4. The van der Waals surface area contributed by atoms with Gasteiger partial charge in [0.1, 0.15) is 10.8 Å². The zero-order valence-corrected chi connectivity index (χ0v) is 31.1. The number of halogens is 10. The monoisotopic (exact) mass is 882 g/mol. The molecule has 15 nitrogen and oxygen atoms in total. The fraction of sp³-hybridized carbons (Fsp3) is 0.314. The van der Waals surface area contributed by atoms with Gasteiger partial charge in [-0.25, -0.2) is 24.4 Å². The third-order valence-electron chi connectivity index (χ3n) is 7.91. The molecule has 0 radical (unpaired) electrons. The van der Waals surface area contributed by atoms with Gasteiger partial charge in [-0.05, 0) is 79.1 Å². The molecular weight excluding hydrogens is 851 g/mol. The van der Waals surface area contributed by atoms with Crippen LogP contribution >= 0.6 is 11.6 Å². The van der Waals surface area contributed by atoms with Crippen molar-refractivity contribution in [3.8, 4) is 0 Å². The van der Waals surface area contributed by atoms with Crippen LogP contribution in [0.15, 0.2) is 67.3 Å². The van der Waals surface area contributed by atoms with Crippen molar-refractivity contribution in [1.82, 2.24) is 19.9 Å². The number of alkyl halides is 9. The van der Waals surface area contributed by atoms with Gasteiger partial charge < -0.3 is 36.2 Å². The molecule has 0 aliphatic carbocycles. The van der Waals surface area contributed by atoms with E-state index in [1.165, 1.54) is 0 Å². The first-order chi connectivity index (χ1) is 27.9. The molecule has 0 spiro atoms. The SMILES string of the molecule is O=C(CC1CCN(c2ccccn2)CC1)Nc1ccc2cc1CCc1cncc(c1)Nc1ncc(Cl)c(n1)N2.O=C(O)C(F)(F)F.O=C(O)C(F)(F)F.O=C(O)C(F)(F)F. The number of nitrogens with one attached hydrogen (secondary N) is 3. The molecule has 4 aromatic rings. The number of carbonyl (C=O) groups is 4. The number of rotatable bonds is 4. The van der Waals surface area contributed by atoms with Crippen molar-refractivity contribution in [2.24, 2.45) is 5.92 Å². The fourth-order valence-corrected chi connectivity index (χ4v) is 5.26. The molecule has 0 saturated carbocycles. The van der Waals surface area contributed by atoms with E-state index in [2.05, 4.69) is 40.8 Å². The minimum Gasteiger partial charge on any atom is -0.475 e. The van der Waals surface area contributed by atoms with Crippen LogP contribution in [0.2, 0.25) is 5.02 Å². The fourth-order valence-electron chi connectivity index (χ4n) is 5.12. The largest absolute Gasteiger partial charge is 0.490 e. The van der Waals surface area contributed by atoms with Gasteiger partial charge in [-0.15, -0.1) is 0 Å². The van der Waals surface area contributed by atoms with E-state index in [9.17, 15) is 44.3 Å². The molecule has 1 saturated heterocycles. The summed E-state index contributed by atoms with van der Waals surface area (Å²) in [4.78, 5) is 59.8. The Labute approximate surface area is 337 Å². The number of nitrogens with zero attached hydrogens (tertiary/aromatic N) is 5. The average Bonchev–Trinajstić information content (AvgIpc) is 3.17. The lowest BCUT2D eigenvalue weighted by molar-refractivity contribution is -0.193. The summed E-state index contributed by atoms with van der Waals surface area (Å²) in [7, 11) is 0. The van der Waals surface area contributed by atoms with Gasteiger partial charge in [0.25, 0.3) is 0 Å². The summed E-state index contributed by atoms with van der Waals surface area (Å²) in [5, 5.41) is 31.5. The number of aliphatic carboxylic acids is 3. The molecule has 1 fully saturated rings. The number of anilines is 6. The maximum atomic E-state index is 13.1. The Kier molecular flexibility index (Phi) is 16.8. The number of hydrogen-bond donors (Lipinski definition) is 6. The molecule has 5 heterocycles. The second kappa shape index (κ2) is 21.0. The first-order valence-corrected chi connectivity index (χ1v) is 17.3. The number of hydrogen-bond acceptors (Lipinski definition) is 11. The highest BCUT2D eigenvalue weighted by molar-refractivity contribution is 6.32. The van der Waals surface area contributed by atoms with Gasteiger partial charge in [-0.2, -0.15) is 44.5 Å². The van der Waals surface area contributed by atoms with Crippen LogP contribution in [0.4, 0.5) is 74.2 Å². The number of pyridine rings is 2. The highest BCUT2D eigenvalue weighted by Gasteiger charge is 2.39. The van der Waals surface area contributed by atoms with Crippen LogP contribution < -0.4 is 20.9 Å². The van der Waals surface area contributed by atoms with E-state index < -0.39 is 36.4 Å². The standard InChI is InChI=1S/C29H29ClN8O.3C2HF3O2/c30-24-18-33-29-35-23-13-20(16-31-17-23)4-5-21-15-22(34-28(24)37-29)6-7-25(21)36-27(39)14-19-8-11-38(12-9-19)26-3-1-2-10-32-26;3*3-2(4,5)1(6)7/h1-3,6-7,10,13,15-19H,4-5,8-9,11-12,14H2,(H,36,39)(H2,33,34,35,37);3*(H,6,7). The molecule has 60 heavy (non-hydrogen) atoms. The molecule has 2 aliphatic rings.